The molecule has 0 saturated heterocycles. The van der Waals surface area contributed by atoms with Gasteiger partial charge in [-0.05, 0) is 36.7 Å². The predicted molar refractivity (Wildman–Crippen MR) is 71.1 cm³/mol. The summed E-state index contributed by atoms with van der Waals surface area (Å²) in [6, 6.07) is 3.79. The molecule has 4 nitrogen and oxygen atoms in total. The van der Waals surface area contributed by atoms with Crippen LogP contribution in [0.2, 0.25) is 5.02 Å². The van der Waals surface area contributed by atoms with E-state index in [9.17, 15) is 9.18 Å². The summed E-state index contributed by atoms with van der Waals surface area (Å²) in [6.07, 6.45) is 0. The molecule has 0 fully saturated rings. The van der Waals surface area contributed by atoms with Gasteiger partial charge in [-0.15, -0.1) is 0 Å². The molecule has 19 heavy (non-hydrogen) atoms. The molecular formula is C12H6ClFN2O2S. The number of halogens is 2. The number of aryl methyl sites for hydroxylation is 1. The molecule has 0 amide bonds. The van der Waals surface area contributed by atoms with Crippen molar-refractivity contribution >= 4 is 33.4 Å². The Morgan fingerprint density at radius 2 is 2.21 bits per heavy atom. The van der Waals surface area contributed by atoms with Crippen LogP contribution >= 0.6 is 23.1 Å². The molecule has 0 bridgehead atoms. The van der Waals surface area contributed by atoms with Gasteiger partial charge in [0.15, 0.2) is 4.83 Å². The van der Waals surface area contributed by atoms with Gasteiger partial charge in [0, 0.05) is 0 Å². The van der Waals surface area contributed by atoms with Gasteiger partial charge in [-0.3, -0.25) is 0 Å². The lowest BCUT2D eigenvalue weighted by Crippen LogP contribution is -2.02. The number of hydrogen-bond acceptors (Lipinski definition) is 5. The van der Waals surface area contributed by atoms with Crippen molar-refractivity contribution in [3.05, 3.63) is 45.2 Å². The minimum Gasteiger partial charge on any atom is -0.403 e. The Bertz CT molecular complexity index is 843. The molecule has 0 atom stereocenters. The van der Waals surface area contributed by atoms with E-state index in [-0.39, 0.29) is 10.9 Å². The lowest BCUT2D eigenvalue weighted by Gasteiger charge is -2.01. The molecule has 96 valence electrons. The second-order valence-electron chi connectivity index (χ2n) is 3.88. The summed E-state index contributed by atoms with van der Waals surface area (Å²) >= 11 is 7.03. The van der Waals surface area contributed by atoms with Crippen LogP contribution in [0.5, 0.6) is 0 Å². The van der Waals surface area contributed by atoms with Crippen LogP contribution in [0, 0.1) is 12.7 Å². The van der Waals surface area contributed by atoms with Gasteiger partial charge in [-0.25, -0.2) is 9.18 Å². The zero-order valence-electron chi connectivity index (χ0n) is 9.61. The highest BCUT2D eigenvalue weighted by Crippen LogP contribution is 2.28. The quantitative estimate of drug-likeness (QED) is 0.690. The van der Waals surface area contributed by atoms with E-state index in [2.05, 4.69) is 9.36 Å². The molecule has 0 N–H and O–H groups in total. The lowest BCUT2D eigenvalue weighted by molar-refractivity contribution is 0.518. The van der Waals surface area contributed by atoms with Crippen molar-refractivity contribution in [2.45, 2.75) is 6.92 Å². The third-order valence-corrected chi connectivity index (χ3v) is 3.75. The summed E-state index contributed by atoms with van der Waals surface area (Å²) in [4.78, 5) is 16.6. The molecule has 0 aliphatic heterocycles. The first-order valence-corrected chi connectivity index (χ1v) is 6.44. The normalized spacial score (nSPS) is 11.1. The van der Waals surface area contributed by atoms with Crippen molar-refractivity contribution in [1.82, 2.24) is 9.36 Å². The van der Waals surface area contributed by atoms with Gasteiger partial charge in [0.05, 0.1) is 16.3 Å². The van der Waals surface area contributed by atoms with Crippen LogP contribution < -0.4 is 5.63 Å². The highest BCUT2D eigenvalue weighted by Gasteiger charge is 2.15. The first kappa shape index (κ1) is 12.3. The van der Waals surface area contributed by atoms with Crippen molar-refractivity contribution in [1.29, 1.82) is 0 Å². The molecule has 0 spiro atoms. The van der Waals surface area contributed by atoms with Gasteiger partial charge in [0.25, 0.3) is 0 Å². The molecule has 0 aliphatic carbocycles. The molecule has 3 rings (SSSR count). The molecule has 0 saturated carbocycles. The molecule has 0 radical (unpaired) electrons. The summed E-state index contributed by atoms with van der Waals surface area (Å²) < 4.78 is 22.2. The van der Waals surface area contributed by atoms with Crippen LogP contribution in [0.4, 0.5) is 4.39 Å². The minimum atomic E-state index is -0.522. The van der Waals surface area contributed by atoms with E-state index in [1.807, 2.05) is 0 Å². The third-order valence-electron chi connectivity index (χ3n) is 2.60. The summed E-state index contributed by atoms with van der Waals surface area (Å²) in [5.41, 5.74) is 0.428. The van der Waals surface area contributed by atoms with Crippen LogP contribution in [-0.2, 0) is 0 Å². The van der Waals surface area contributed by atoms with Crippen molar-refractivity contribution in [2.24, 2.45) is 0 Å². The fourth-order valence-electron chi connectivity index (χ4n) is 1.70. The maximum absolute atomic E-state index is 13.0. The minimum absolute atomic E-state index is 0.0613. The average molecular weight is 297 g/mol. The van der Waals surface area contributed by atoms with Gasteiger partial charge < -0.3 is 4.42 Å². The van der Waals surface area contributed by atoms with Gasteiger partial charge in [0.1, 0.15) is 11.2 Å². The number of aromatic nitrogens is 2. The SMILES string of the molecule is Cc1nsc2nc(-c3ccc(F)cc3Cl)oc(=O)c12. The van der Waals surface area contributed by atoms with E-state index in [1.165, 1.54) is 12.1 Å². The highest BCUT2D eigenvalue weighted by atomic mass is 35.5. The molecule has 1 aromatic carbocycles. The largest absolute Gasteiger partial charge is 0.403 e. The zero-order valence-corrected chi connectivity index (χ0v) is 11.2. The molecule has 2 heterocycles. The van der Waals surface area contributed by atoms with E-state index in [1.54, 1.807) is 6.92 Å². The summed E-state index contributed by atoms with van der Waals surface area (Å²) in [6.45, 7) is 1.71. The Morgan fingerprint density at radius 1 is 1.42 bits per heavy atom. The molecule has 3 aromatic rings. The van der Waals surface area contributed by atoms with Gasteiger partial charge in [0.2, 0.25) is 5.89 Å². The van der Waals surface area contributed by atoms with Crippen molar-refractivity contribution in [2.75, 3.05) is 0 Å². The zero-order chi connectivity index (χ0) is 13.6. The Hall–Kier alpha value is -1.79. The Morgan fingerprint density at radius 3 is 2.95 bits per heavy atom. The van der Waals surface area contributed by atoms with Crippen molar-refractivity contribution in [3.8, 4) is 11.5 Å². The highest BCUT2D eigenvalue weighted by molar-refractivity contribution is 7.12. The topological polar surface area (TPSA) is 56.0 Å². The lowest BCUT2D eigenvalue weighted by atomic mass is 10.2. The first-order valence-electron chi connectivity index (χ1n) is 5.29. The maximum atomic E-state index is 13.0. The van der Waals surface area contributed by atoms with Crippen molar-refractivity contribution in [3.63, 3.8) is 0 Å². The fraction of sp³-hybridized carbons (Fsp3) is 0.0833. The number of hydrogen-bond donors (Lipinski definition) is 0. The van der Waals surface area contributed by atoms with Crippen LogP contribution in [0.15, 0.2) is 27.4 Å². The summed E-state index contributed by atoms with van der Waals surface area (Å²) in [7, 11) is 0. The predicted octanol–water partition coefficient (Wildman–Crippen LogP) is 3.41. The van der Waals surface area contributed by atoms with Crippen LogP contribution in [0.3, 0.4) is 0 Å². The van der Waals surface area contributed by atoms with E-state index < -0.39 is 11.4 Å². The fourth-order valence-corrected chi connectivity index (χ4v) is 2.71. The number of fused-ring (bicyclic) bond motifs is 1. The molecule has 7 heteroatoms. The second kappa shape index (κ2) is 4.40. The van der Waals surface area contributed by atoms with Gasteiger partial charge >= 0.3 is 5.63 Å². The molecular weight excluding hydrogens is 291 g/mol. The van der Waals surface area contributed by atoms with Crippen LogP contribution in [0.25, 0.3) is 21.7 Å². The molecule has 2 aromatic heterocycles. The Labute approximate surface area is 115 Å². The van der Waals surface area contributed by atoms with E-state index >= 15 is 0 Å². The second-order valence-corrected chi connectivity index (χ2v) is 5.04. The van der Waals surface area contributed by atoms with Gasteiger partial charge in [-0.1, -0.05) is 11.6 Å². The van der Waals surface area contributed by atoms with Gasteiger partial charge in [-0.2, -0.15) is 9.36 Å². The number of benzene rings is 1. The molecule has 0 unspecified atom stereocenters. The van der Waals surface area contributed by atoms with E-state index in [0.29, 0.717) is 21.5 Å². The Kier molecular flexibility index (Phi) is 2.83. The summed E-state index contributed by atoms with van der Waals surface area (Å²) in [5, 5.41) is 0.503. The maximum Gasteiger partial charge on any atom is 0.349 e. The third kappa shape index (κ3) is 2.02. The Balaban J connectivity index is 2.29. The van der Waals surface area contributed by atoms with Crippen molar-refractivity contribution < 1.29 is 8.81 Å². The van der Waals surface area contributed by atoms with E-state index in [0.717, 1.165) is 17.6 Å². The first-order chi connectivity index (χ1) is 9.06. The van der Waals surface area contributed by atoms with E-state index in [4.69, 9.17) is 16.0 Å². The van der Waals surface area contributed by atoms with Crippen LogP contribution in [-0.4, -0.2) is 9.36 Å². The van der Waals surface area contributed by atoms with Crippen LogP contribution in [0.1, 0.15) is 5.69 Å². The standard InChI is InChI=1S/C12H6ClFN2O2S/c1-5-9-11(19-16-5)15-10(18-12(9)17)7-3-2-6(14)4-8(7)13/h2-4H,1H3. The summed E-state index contributed by atoms with van der Waals surface area (Å²) in [5.74, 6) is -0.406. The smallest absolute Gasteiger partial charge is 0.349 e. The molecule has 0 aliphatic rings. The average Bonchev–Trinajstić information content (AvgIpc) is 2.71. The monoisotopic (exact) mass is 296 g/mol. The number of rotatable bonds is 1. The number of nitrogens with zero attached hydrogens (tertiary/aromatic N) is 2.